The first kappa shape index (κ1) is 18.0. The van der Waals surface area contributed by atoms with Gasteiger partial charge in [0.05, 0.1) is 22.0 Å². The number of hydrogen-bond donors (Lipinski definition) is 1. The first-order chi connectivity index (χ1) is 10.8. The fourth-order valence-electron chi connectivity index (χ4n) is 1.66. The average Bonchev–Trinajstić information content (AvgIpc) is 2.48. The molecule has 23 heavy (non-hydrogen) atoms. The number of rotatable bonds is 4. The van der Waals surface area contributed by atoms with Gasteiger partial charge in [0.25, 0.3) is 0 Å². The SMILES string of the molecule is O=C(CSc1ccc(Cl)cc1)Nc1ccc(C(F)(F)F)cc1Cl. The van der Waals surface area contributed by atoms with Gasteiger partial charge in [-0.05, 0) is 42.5 Å². The molecule has 0 saturated heterocycles. The molecule has 0 atom stereocenters. The molecule has 0 bridgehead atoms. The Morgan fingerprint density at radius 3 is 2.30 bits per heavy atom. The third-order valence-electron chi connectivity index (χ3n) is 2.75. The van der Waals surface area contributed by atoms with E-state index < -0.39 is 11.7 Å². The van der Waals surface area contributed by atoms with E-state index in [1.165, 1.54) is 11.8 Å². The zero-order valence-corrected chi connectivity index (χ0v) is 13.8. The molecule has 2 nitrogen and oxygen atoms in total. The Balaban J connectivity index is 1.96. The lowest BCUT2D eigenvalue weighted by molar-refractivity contribution is -0.137. The molecule has 0 aromatic heterocycles. The fourth-order valence-corrected chi connectivity index (χ4v) is 2.71. The maximum absolute atomic E-state index is 12.5. The second-order valence-electron chi connectivity index (χ2n) is 4.48. The summed E-state index contributed by atoms with van der Waals surface area (Å²) in [4.78, 5) is 12.7. The number of alkyl halides is 3. The number of carbonyl (C=O) groups is 1. The second-order valence-corrected chi connectivity index (χ2v) is 6.38. The Kier molecular flexibility index (Phi) is 5.84. The van der Waals surface area contributed by atoms with Crippen molar-refractivity contribution in [3.05, 3.63) is 58.1 Å². The lowest BCUT2D eigenvalue weighted by Gasteiger charge is -2.11. The molecule has 1 N–H and O–H groups in total. The minimum atomic E-state index is -4.48. The average molecular weight is 380 g/mol. The smallest absolute Gasteiger partial charge is 0.324 e. The molecule has 0 fully saturated rings. The molecule has 0 saturated carbocycles. The van der Waals surface area contributed by atoms with Crippen molar-refractivity contribution in [2.45, 2.75) is 11.1 Å². The number of hydrogen-bond acceptors (Lipinski definition) is 2. The van der Waals surface area contributed by atoms with Crippen molar-refractivity contribution in [2.24, 2.45) is 0 Å². The van der Waals surface area contributed by atoms with Crippen LogP contribution in [0.1, 0.15) is 5.56 Å². The van der Waals surface area contributed by atoms with Crippen LogP contribution in [0.4, 0.5) is 18.9 Å². The molecule has 0 spiro atoms. The van der Waals surface area contributed by atoms with Gasteiger partial charge >= 0.3 is 6.18 Å². The van der Waals surface area contributed by atoms with Crippen LogP contribution in [0, 0.1) is 0 Å². The minimum absolute atomic E-state index is 0.0962. The zero-order valence-electron chi connectivity index (χ0n) is 11.5. The molecule has 0 unspecified atom stereocenters. The summed E-state index contributed by atoms with van der Waals surface area (Å²) < 4.78 is 37.6. The lowest BCUT2D eigenvalue weighted by atomic mass is 10.2. The van der Waals surface area contributed by atoms with Crippen molar-refractivity contribution in [3.8, 4) is 0 Å². The van der Waals surface area contributed by atoms with Crippen LogP contribution in [-0.2, 0) is 11.0 Å². The van der Waals surface area contributed by atoms with Gasteiger partial charge in [0, 0.05) is 9.92 Å². The highest BCUT2D eigenvalue weighted by molar-refractivity contribution is 8.00. The Labute approximate surface area is 145 Å². The number of amides is 1. The van der Waals surface area contributed by atoms with Gasteiger partial charge in [0.1, 0.15) is 0 Å². The summed E-state index contributed by atoms with van der Waals surface area (Å²) in [5.41, 5.74) is -0.725. The van der Waals surface area contributed by atoms with Gasteiger partial charge in [-0.1, -0.05) is 23.2 Å². The largest absolute Gasteiger partial charge is 0.416 e. The Morgan fingerprint density at radius 1 is 1.09 bits per heavy atom. The molecule has 0 radical (unpaired) electrons. The fraction of sp³-hybridized carbons (Fsp3) is 0.133. The monoisotopic (exact) mass is 379 g/mol. The van der Waals surface area contributed by atoms with Gasteiger partial charge in [0.15, 0.2) is 0 Å². The number of thioether (sulfide) groups is 1. The summed E-state index contributed by atoms with van der Waals surface area (Å²) in [5.74, 6) is -0.273. The molecule has 122 valence electrons. The summed E-state index contributed by atoms with van der Waals surface area (Å²) in [7, 11) is 0. The minimum Gasteiger partial charge on any atom is -0.324 e. The predicted octanol–water partition coefficient (Wildman–Crippen LogP) is 5.74. The molecule has 1 amide bonds. The highest BCUT2D eigenvalue weighted by Crippen LogP contribution is 2.33. The van der Waals surface area contributed by atoms with E-state index in [-0.39, 0.29) is 22.4 Å². The summed E-state index contributed by atoms with van der Waals surface area (Å²) in [5, 5.41) is 2.92. The molecule has 0 aliphatic rings. The van der Waals surface area contributed by atoms with E-state index in [9.17, 15) is 18.0 Å². The number of benzene rings is 2. The van der Waals surface area contributed by atoms with Crippen LogP contribution < -0.4 is 5.32 Å². The molecule has 8 heteroatoms. The Bertz CT molecular complexity index is 705. The molecular formula is C15H10Cl2F3NOS. The molecule has 2 rings (SSSR count). The molecule has 0 aliphatic heterocycles. The van der Waals surface area contributed by atoms with E-state index in [1.54, 1.807) is 24.3 Å². The van der Waals surface area contributed by atoms with Crippen LogP contribution in [0.15, 0.2) is 47.4 Å². The van der Waals surface area contributed by atoms with Crippen LogP contribution in [0.5, 0.6) is 0 Å². The van der Waals surface area contributed by atoms with Crippen molar-refractivity contribution in [1.82, 2.24) is 0 Å². The maximum atomic E-state index is 12.5. The maximum Gasteiger partial charge on any atom is 0.416 e. The topological polar surface area (TPSA) is 29.1 Å². The number of anilines is 1. The molecule has 2 aromatic carbocycles. The van der Waals surface area contributed by atoms with Crippen molar-refractivity contribution >= 4 is 46.6 Å². The van der Waals surface area contributed by atoms with Crippen LogP contribution in [0.25, 0.3) is 0 Å². The third-order valence-corrected chi connectivity index (χ3v) is 4.33. The highest BCUT2D eigenvalue weighted by atomic mass is 35.5. The van der Waals surface area contributed by atoms with E-state index in [0.717, 1.165) is 23.1 Å². The van der Waals surface area contributed by atoms with E-state index in [4.69, 9.17) is 23.2 Å². The standard InChI is InChI=1S/C15H10Cl2F3NOS/c16-10-2-4-11(5-3-10)23-8-14(22)21-13-6-1-9(7-12(13)17)15(18,19)20/h1-7H,8H2,(H,21,22). The first-order valence-electron chi connectivity index (χ1n) is 6.30. The van der Waals surface area contributed by atoms with Gasteiger partial charge in [-0.2, -0.15) is 13.2 Å². The predicted molar refractivity (Wildman–Crippen MR) is 87.3 cm³/mol. The van der Waals surface area contributed by atoms with Gasteiger partial charge in [-0.15, -0.1) is 11.8 Å². The van der Waals surface area contributed by atoms with Crippen molar-refractivity contribution in [2.75, 3.05) is 11.1 Å². The van der Waals surface area contributed by atoms with Gasteiger partial charge in [-0.25, -0.2) is 0 Å². The van der Waals surface area contributed by atoms with E-state index in [0.29, 0.717) is 5.02 Å². The first-order valence-corrected chi connectivity index (χ1v) is 8.05. The Hall–Kier alpha value is -1.37. The van der Waals surface area contributed by atoms with E-state index in [2.05, 4.69) is 5.32 Å². The normalized spacial score (nSPS) is 11.3. The van der Waals surface area contributed by atoms with Crippen LogP contribution in [0.3, 0.4) is 0 Å². The lowest BCUT2D eigenvalue weighted by Crippen LogP contribution is -2.14. The van der Waals surface area contributed by atoms with Gasteiger partial charge in [-0.3, -0.25) is 4.79 Å². The van der Waals surface area contributed by atoms with Crippen molar-refractivity contribution in [3.63, 3.8) is 0 Å². The van der Waals surface area contributed by atoms with Crippen LogP contribution >= 0.6 is 35.0 Å². The molecular weight excluding hydrogens is 370 g/mol. The molecule has 2 aromatic rings. The molecule has 0 heterocycles. The third kappa shape index (κ3) is 5.34. The number of nitrogens with one attached hydrogen (secondary N) is 1. The summed E-state index contributed by atoms with van der Waals surface area (Å²) in [6, 6.07) is 9.73. The number of carbonyl (C=O) groups excluding carboxylic acids is 1. The summed E-state index contributed by atoms with van der Waals surface area (Å²) in [6.07, 6.45) is -4.48. The van der Waals surface area contributed by atoms with Crippen LogP contribution in [-0.4, -0.2) is 11.7 Å². The van der Waals surface area contributed by atoms with Crippen molar-refractivity contribution < 1.29 is 18.0 Å². The van der Waals surface area contributed by atoms with Crippen LogP contribution in [0.2, 0.25) is 10.0 Å². The molecule has 0 aliphatic carbocycles. The van der Waals surface area contributed by atoms with Gasteiger partial charge in [0.2, 0.25) is 5.91 Å². The zero-order chi connectivity index (χ0) is 17.0. The highest BCUT2D eigenvalue weighted by Gasteiger charge is 2.30. The second kappa shape index (κ2) is 7.47. The van der Waals surface area contributed by atoms with E-state index in [1.807, 2.05) is 0 Å². The summed E-state index contributed by atoms with van der Waals surface area (Å²) in [6.45, 7) is 0. The van der Waals surface area contributed by atoms with Crippen molar-refractivity contribution in [1.29, 1.82) is 0 Å². The van der Waals surface area contributed by atoms with E-state index >= 15 is 0 Å². The quantitative estimate of drug-likeness (QED) is 0.685. The van der Waals surface area contributed by atoms with Gasteiger partial charge < -0.3 is 5.32 Å². The summed E-state index contributed by atoms with van der Waals surface area (Å²) >= 11 is 12.8. The Morgan fingerprint density at radius 2 is 1.74 bits per heavy atom. The number of halogens is 5.